The molecule has 34 heavy (non-hydrogen) atoms. The molecule has 0 heterocycles. The number of ether oxygens (including phenoxy) is 1. The predicted octanol–water partition coefficient (Wildman–Crippen LogP) is 6.12. The summed E-state index contributed by atoms with van der Waals surface area (Å²) < 4.78 is 81.9. The average Bonchev–Trinajstić information content (AvgIpc) is 2.77. The number of rotatable bonds is 6. The van der Waals surface area contributed by atoms with E-state index in [1.54, 1.807) is 0 Å². The molecule has 0 aliphatic heterocycles. The third kappa shape index (κ3) is 5.60. The molecule has 5 nitrogen and oxygen atoms in total. The number of carbonyl (C=O) groups excluding carboxylic acids is 2. The molecule has 178 valence electrons. The number of halogens is 6. The molecule has 0 unspecified atom stereocenters. The highest BCUT2D eigenvalue weighted by molar-refractivity contribution is 6.34. The minimum atomic E-state index is -4.83. The molecule has 3 aromatic rings. The van der Waals surface area contributed by atoms with E-state index in [1.807, 2.05) is 0 Å². The van der Waals surface area contributed by atoms with Gasteiger partial charge in [-0.15, -0.1) is 0 Å². The number of hydrogen-bond donors (Lipinski definition) is 1. The first-order valence-electron chi connectivity index (χ1n) is 10.8. The van der Waals surface area contributed by atoms with E-state index in [9.17, 15) is 27.2 Å². The Balaban J connectivity index is 2.23. The van der Waals surface area contributed by atoms with Crippen LogP contribution >= 0.6 is 23.2 Å². The Morgan fingerprint density at radius 1 is 1.09 bits per heavy atom. The summed E-state index contributed by atoms with van der Waals surface area (Å²) in [5.41, 5.74) is 4.15. The van der Waals surface area contributed by atoms with Crippen LogP contribution < -0.4 is 15.4 Å². The zero-order valence-electron chi connectivity index (χ0n) is 19.9. The van der Waals surface area contributed by atoms with Crippen LogP contribution in [-0.2, 0) is 0 Å². The highest BCUT2D eigenvalue weighted by Crippen LogP contribution is 2.38. The summed E-state index contributed by atoms with van der Waals surface area (Å²) in [6.07, 6.45) is -4.83. The number of hydrogen-bond acceptors (Lipinski definition) is 3. The predicted molar refractivity (Wildman–Crippen MR) is 121 cm³/mol. The first kappa shape index (κ1) is 21.2. The van der Waals surface area contributed by atoms with E-state index in [0.717, 1.165) is 24.3 Å². The number of amides is 2. The van der Waals surface area contributed by atoms with Crippen molar-refractivity contribution in [3.63, 3.8) is 0 Å². The molecule has 3 aromatic carbocycles. The third-order valence-corrected chi connectivity index (χ3v) is 5.18. The highest BCUT2D eigenvalue weighted by atomic mass is 35.5. The Kier molecular flexibility index (Phi) is 6.19. The van der Waals surface area contributed by atoms with Gasteiger partial charge >= 0.3 is 6.18 Å². The molecule has 0 saturated carbocycles. The number of primary amides is 1. The number of nitrogens with zero attached hydrogens (tertiary/aromatic N) is 1. The van der Waals surface area contributed by atoms with Gasteiger partial charge in [-0.2, -0.15) is 13.2 Å². The second kappa shape index (κ2) is 9.90. The molecule has 0 fully saturated rings. The zero-order chi connectivity index (χ0) is 27.7. The standard InChI is InChI=1S/C23H16Cl2F4N2O3/c1-31(22(33)20-16(25)3-2-4-17(20)26)18-8-6-12(10-19(18)34-11-23(27,28)29)14-9-13(21(30)32)5-7-15(14)24/h2-10H,11H2,1H3,(H2,30,32)/i1D3. The van der Waals surface area contributed by atoms with Crippen molar-refractivity contribution in [3.05, 3.63) is 81.6 Å². The van der Waals surface area contributed by atoms with Gasteiger partial charge < -0.3 is 15.4 Å². The van der Waals surface area contributed by atoms with Crippen molar-refractivity contribution in [3.8, 4) is 16.9 Å². The van der Waals surface area contributed by atoms with Crippen molar-refractivity contribution >= 4 is 40.7 Å². The fourth-order valence-electron chi connectivity index (χ4n) is 2.96. The van der Waals surface area contributed by atoms with Crippen LogP contribution in [0.4, 0.5) is 23.2 Å². The van der Waals surface area contributed by atoms with E-state index in [-0.39, 0.29) is 26.6 Å². The van der Waals surface area contributed by atoms with Crippen LogP contribution in [0, 0.1) is 5.82 Å². The summed E-state index contributed by atoms with van der Waals surface area (Å²) in [7, 11) is 0. The Morgan fingerprint density at radius 3 is 2.44 bits per heavy atom. The topological polar surface area (TPSA) is 72.6 Å². The molecule has 0 atom stereocenters. The number of nitrogens with two attached hydrogens (primary N) is 1. The van der Waals surface area contributed by atoms with E-state index in [0.29, 0.717) is 0 Å². The van der Waals surface area contributed by atoms with E-state index >= 15 is 0 Å². The maximum Gasteiger partial charge on any atom is 0.422 e. The van der Waals surface area contributed by atoms with Gasteiger partial charge in [0, 0.05) is 27.2 Å². The average molecular weight is 518 g/mol. The molecule has 2 N–H and O–H groups in total. The van der Waals surface area contributed by atoms with Crippen LogP contribution in [0.5, 0.6) is 5.75 Å². The van der Waals surface area contributed by atoms with Crippen LogP contribution in [-0.4, -0.2) is 31.6 Å². The quantitative estimate of drug-likeness (QED) is 0.400. The van der Waals surface area contributed by atoms with Crippen molar-refractivity contribution in [2.24, 2.45) is 5.73 Å². The largest absolute Gasteiger partial charge is 0.482 e. The second-order valence-electron chi connectivity index (χ2n) is 6.88. The molecule has 0 bridgehead atoms. The van der Waals surface area contributed by atoms with Crippen LogP contribution in [0.2, 0.25) is 10.0 Å². The molecule has 0 spiro atoms. The minimum Gasteiger partial charge on any atom is -0.482 e. The van der Waals surface area contributed by atoms with E-state index in [2.05, 4.69) is 0 Å². The lowest BCUT2D eigenvalue weighted by atomic mass is 10.0. The van der Waals surface area contributed by atoms with Crippen molar-refractivity contribution in [1.29, 1.82) is 0 Å². The van der Waals surface area contributed by atoms with Crippen LogP contribution in [0.25, 0.3) is 11.1 Å². The van der Waals surface area contributed by atoms with Gasteiger partial charge in [-0.05, 0) is 48.0 Å². The maximum atomic E-state index is 14.5. The molecule has 0 aliphatic carbocycles. The molecule has 0 aromatic heterocycles. The van der Waals surface area contributed by atoms with Crippen molar-refractivity contribution in [2.75, 3.05) is 18.5 Å². The summed E-state index contributed by atoms with van der Waals surface area (Å²) in [6, 6.07) is 10.4. The Hall–Kier alpha value is -3.30. The normalized spacial score (nSPS) is 12.9. The zero-order valence-corrected chi connectivity index (χ0v) is 18.4. The molecule has 2 amide bonds. The SMILES string of the molecule is [2H]C([2H])([2H])N(C(=O)c1c(F)cccc1Cl)c1ccc(-c2cc(C(N)=O)ccc2Cl)cc1OCC(F)(F)F. The van der Waals surface area contributed by atoms with E-state index in [1.165, 1.54) is 30.3 Å². The Bertz CT molecular complexity index is 1350. The molecule has 11 heteroatoms. The fourth-order valence-corrected chi connectivity index (χ4v) is 3.44. The van der Waals surface area contributed by atoms with Crippen LogP contribution in [0.15, 0.2) is 54.6 Å². The number of anilines is 1. The molecule has 0 radical (unpaired) electrons. The molecule has 0 aliphatic rings. The van der Waals surface area contributed by atoms with Crippen molar-refractivity contribution < 1.29 is 36.0 Å². The van der Waals surface area contributed by atoms with Gasteiger partial charge in [0.2, 0.25) is 5.91 Å². The van der Waals surface area contributed by atoms with E-state index in [4.69, 9.17) is 37.8 Å². The van der Waals surface area contributed by atoms with Crippen LogP contribution in [0.3, 0.4) is 0 Å². The highest BCUT2D eigenvalue weighted by Gasteiger charge is 2.30. The molecular weight excluding hydrogens is 499 g/mol. The molecule has 3 rings (SSSR count). The van der Waals surface area contributed by atoms with E-state index < -0.39 is 59.4 Å². The number of alkyl halides is 3. The summed E-state index contributed by atoms with van der Waals surface area (Å²) in [4.78, 5) is 24.9. The van der Waals surface area contributed by atoms with Gasteiger partial charge in [0.05, 0.1) is 16.3 Å². The van der Waals surface area contributed by atoms with Gasteiger partial charge in [0.15, 0.2) is 6.61 Å². The molecule has 0 saturated heterocycles. The van der Waals surface area contributed by atoms with Gasteiger partial charge in [0.1, 0.15) is 11.6 Å². The fraction of sp³-hybridized carbons (Fsp3) is 0.130. The lowest BCUT2D eigenvalue weighted by Gasteiger charge is -2.23. The number of benzene rings is 3. The lowest BCUT2D eigenvalue weighted by molar-refractivity contribution is -0.153. The maximum absolute atomic E-state index is 14.5. The summed E-state index contributed by atoms with van der Waals surface area (Å²) >= 11 is 12.1. The first-order chi connectivity index (χ1) is 17.1. The first-order valence-corrected chi connectivity index (χ1v) is 10.1. The smallest absolute Gasteiger partial charge is 0.422 e. The van der Waals surface area contributed by atoms with Crippen molar-refractivity contribution in [1.82, 2.24) is 0 Å². The molecular formula is C23H16Cl2F4N2O3. The number of carbonyl (C=O) groups is 2. The lowest BCUT2D eigenvalue weighted by Crippen LogP contribution is -2.28. The monoisotopic (exact) mass is 517 g/mol. The van der Waals surface area contributed by atoms with Gasteiger partial charge in [0.25, 0.3) is 5.91 Å². The minimum absolute atomic E-state index is 0.0368. The van der Waals surface area contributed by atoms with Crippen LogP contribution in [0.1, 0.15) is 24.8 Å². The Labute approximate surface area is 205 Å². The van der Waals surface area contributed by atoms with Crippen molar-refractivity contribution in [2.45, 2.75) is 6.18 Å². The summed E-state index contributed by atoms with van der Waals surface area (Å²) in [6.45, 7) is -5.15. The van der Waals surface area contributed by atoms with Gasteiger partial charge in [-0.25, -0.2) is 4.39 Å². The Morgan fingerprint density at radius 2 is 1.82 bits per heavy atom. The summed E-state index contributed by atoms with van der Waals surface area (Å²) in [5, 5.41) is -0.329. The van der Waals surface area contributed by atoms with Gasteiger partial charge in [-0.1, -0.05) is 35.3 Å². The van der Waals surface area contributed by atoms with Gasteiger partial charge in [-0.3, -0.25) is 9.59 Å². The third-order valence-electron chi connectivity index (χ3n) is 4.53. The summed E-state index contributed by atoms with van der Waals surface area (Å²) in [5.74, 6) is -4.08. The second-order valence-corrected chi connectivity index (χ2v) is 7.70.